The molecule has 0 aliphatic heterocycles. The van der Waals surface area contributed by atoms with E-state index in [9.17, 15) is 4.79 Å². The molecule has 2 aliphatic carbocycles. The van der Waals surface area contributed by atoms with Gasteiger partial charge in [0.15, 0.2) is 0 Å². The largest absolute Gasteiger partial charge is 0.477 e. The number of nitrogens with zero attached hydrogens (tertiary/aromatic N) is 2. The molecular formula is C23H31N3O5. The van der Waals surface area contributed by atoms with E-state index in [0.717, 1.165) is 18.4 Å². The zero-order valence-electron chi connectivity index (χ0n) is 18.5. The highest BCUT2D eigenvalue weighted by molar-refractivity contribution is 6.02. The summed E-state index contributed by atoms with van der Waals surface area (Å²) >= 11 is 0. The second-order valence-corrected chi connectivity index (χ2v) is 9.08. The Hall–Kier alpha value is -2.45. The number of ether oxygens (including phenoxy) is 3. The van der Waals surface area contributed by atoms with Crippen molar-refractivity contribution in [1.82, 2.24) is 10.1 Å². The van der Waals surface area contributed by atoms with E-state index in [1.54, 1.807) is 19.2 Å². The van der Waals surface area contributed by atoms with Crippen LogP contribution in [0.15, 0.2) is 22.7 Å². The van der Waals surface area contributed by atoms with Crippen molar-refractivity contribution in [3.8, 4) is 5.88 Å². The lowest BCUT2D eigenvalue weighted by Crippen LogP contribution is -2.25. The van der Waals surface area contributed by atoms with Gasteiger partial charge < -0.3 is 18.7 Å². The maximum absolute atomic E-state index is 12.8. The summed E-state index contributed by atoms with van der Waals surface area (Å²) in [6.45, 7) is 6.19. The Balaban J connectivity index is 1.39. The number of carbonyl (C=O) groups excluding carboxylic acids is 1. The molecule has 2 aliphatic rings. The highest BCUT2D eigenvalue weighted by Gasteiger charge is 2.30. The lowest BCUT2D eigenvalue weighted by atomic mass is 9.90. The van der Waals surface area contributed by atoms with E-state index in [2.05, 4.69) is 15.5 Å². The zero-order chi connectivity index (χ0) is 21.8. The van der Waals surface area contributed by atoms with Crippen molar-refractivity contribution in [2.24, 2.45) is 5.92 Å². The number of hydrogen-bond donors (Lipinski definition) is 1. The molecule has 168 valence electrons. The van der Waals surface area contributed by atoms with Crippen molar-refractivity contribution in [3.63, 3.8) is 0 Å². The summed E-state index contributed by atoms with van der Waals surface area (Å²) in [5.41, 5.74) is 1.74. The fourth-order valence-electron chi connectivity index (χ4n) is 3.25. The van der Waals surface area contributed by atoms with Gasteiger partial charge in [-0.05, 0) is 43.6 Å². The first-order valence-electron chi connectivity index (χ1n) is 11.0. The number of rotatable bonds is 12. The Morgan fingerprint density at radius 2 is 2.03 bits per heavy atom. The summed E-state index contributed by atoms with van der Waals surface area (Å²) < 4.78 is 21.9. The smallest absolute Gasteiger partial charge is 0.276 e. The third-order valence-electron chi connectivity index (χ3n) is 5.63. The minimum atomic E-state index is -0.367. The van der Waals surface area contributed by atoms with Gasteiger partial charge >= 0.3 is 0 Å². The van der Waals surface area contributed by atoms with Crippen molar-refractivity contribution in [2.45, 2.75) is 50.9 Å². The van der Waals surface area contributed by atoms with E-state index in [1.165, 1.54) is 12.8 Å². The molecular weight excluding hydrogens is 398 g/mol. The van der Waals surface area contributed by atoms with E-state index < -0.39 is 0 Å². The summed E-state index contributed by atoms with van der Waals surface area (Å²) in [4.78, 5) is 17.3. The predicted molar refractivity (Wildman–Crippen MR) is 115 cm³/mol. The van der Waals surface area contributed by atoms with Gasteiger partial charge in [-0.25, -0.2) is 4.98 Å². The molecule has 1 amide bonds. The van der Waals surface area contributed by atoms with Crippen molar-refractivity contribution in [2.75, 3.05) is 38.9 Å². The average Bonchev–Trinajstić information content (AvgIpc) is 3.68. The first-order chi connectivity index (χ1) is 15.0. The van der Waals surface area contributed by atoms with Crippen molar-refractivity contribution < 1.29 is 23.5 Å². The van der Waals surface area contributed by atoms with E-state index >= 15 is 0 Å². The van der Waals surface area contributed by atoms with Crippen LogP contribution < -0.4 is 10.1 Å². The van der Waals surface area contributed by atoms with Crippen LogP contribution >= 0.6 is 0 Å². The highest BCUT2D eigenvalue weighted by atomic mass is 16.5. The lowest BCUT2D eigenvalue weighted by Gasteiger charge is -2.21. The van der Waals surface area contributed by atoms with Gasteiger partial charge in [-0.3, -0.25) is 10.1 Å². The minimum Gasteiger partial charge on any atom is -0.477 e. The average molecular weight is 430 g/mol. The Morgan fingerprint density at radius 1 is 1.23 bits per heavy atom. The highest BCUT2D eigenvalue weighted by Crippen LogP contribution is 2.44. The van der Waals surface area contributed by atoms with E-state index in [0.29, 0.717) is 55.5 Å². The Bertz CT molecular complexity index is 902. The quantitative estimate of drug-likeness (QED) is 0.511. The SMILES string of the molecule is COCCOCC(C)(C)c1cc(NC(=O)c2ccc(C3CC3)c(OCC3CC3)n2)on1. The van der Waals surface area contributed by atoms with Gasteiger partial charge in [-0.15, -0.1) is 0 Å². The summed E-state index contributed by atoms with van der Waals surface area (Å²) in [5, 5.41) is 6.86. The van der Waals surface area contributed by atoms with E-state index in [-0.39, 0.29) is 17.2 Å². The second kappa shape index (κ2) is 9.36. The molecule has 2 heterocycles. The fourth-order valence-corrected chi connectivity index (χ4v) is 3.25. The predicted octanol–water partition coefficient (Wildman–Crippen LogP) is 3.93. The maximum atomic E-state index is 12.8. The minimum absolute atomic E-state index is 0.276. The van der Waals surface area contributed by atoms with Crippen molar-refractivity contribution >= 4 is 11.8 Å². The summed E-state index contributed by atoms with van der Waals surface area (Å²) in [6, 6.07) is 5.44. The lowest BCUT2D eigenvalue weighted by molar-refractivity contribution is 0.0470. The first-order valence-corrected chi connectivity index (χ1v) is 11.0. The number of anilines is 1. The van der Waals surface area contributed by atoms with Crippen LogP contribution in [0.25, 0.3) is 0 Å². The number of pyridine rings is 1. The molecule has 0 spiro atoms. The van der Waals surface area contributed by atoms with Gasteiger partial charge in [0.05, 0.1) is 32.1 Å². The van der Waals surface area contributed by atoms with Crippen LogP contribution in [0, 0.1) is 5.92 Å². The molecule has 8 heteroatoms. The molecule has 0 bridgehead atoms. The third kappa shape index (κ3) is 5.83. The van der Waals surface area contributed by atoms with Crippen LogP contribution in [0.4, 0.5) is 5.88 Å². The molecule has 2 aromatic rings. The molecule has 8 nitrogen and oxygen atoms in total. The van der Waals surface area contributed by atoms with Crippen molar-refractivity contribution in [3.05, 3.63) is 35.2 Å². The summed E-state index contributed by atoms with van der Waals surface area (Å²) in [5.74, 6) is 1.65. The van der Waals surface area contributed by atoms with Crippen molar-refractivity contribution in [1.29, 1.82) is 0 Å². The third-order valence-corrected chi connectivity index (χ3v) is 5.63. The van der Waals surface area contributed by atoms with Gasteiger partial charge in [0.1, 0.15) is 5.69 Å². The van der Waals surface area contributed by atoms with Gasteiger partial charge in [0.2, 0.25) is 11.8 Å². The summed E-state index contributed by atoms with van der Waals surface area (Å²) in [7, 11) is 1.64. The Morgan fingerprint density at radius 3 is 2.74 bits per heavy atom. The molecule has 4 rings (SSSR count). The molecule has 0 unspecified atom stereocenters. The number of nitrogens with one attached hydrogen (secondary N) is 1. The van der Waals surface area contributed by atoms with Gasteiger partial charge in [0.25, 0.3) is 5.91 Å². The fraction of sp³-hybridized carbons (Fsp3) is 0.609. The van der Waals surface area contributed by atoms with Gasteiger partial charge in [-0.1, -0.05) is 25.1 Å². The second-order valence-electron chi connectivity index (χ2n) is 9.08. The van der Waals surface area contributed by atoms with Gasteiger partial charge in [-0.2, -0.15) is 0 Å². The number of amides is 1. The Labute approximate surface area is 182 Å². The van der Waals surface area contributed by atoms with E-state index in [4.69, 9.17) is 18.7 Å². The van der Waals surface area contributed by atoms with Crippen LogP contribution in [0.3, 0.4) is 0 Å². The number of hydrogen-bond acceptors (Lipinski definition) is 7. The zero-order valence-corrected chi connectivity index (χ0v) is 18.5. The monoisotopic (exact) mass is 429 g/mol. The van der Waals surface area contributed by atoms with Crippen LogP contribution in [0.5, 0.6) is 5.88 Å². The first kappa shape index (κ1) is 21.8. The van der Waals surface area contributed by atoms with Gasteiger partial charge in [0, 0.05) is 24.2 Å². The molecule has 0 atom stereocenters. The topological polar surface area (TPSA) is 95.7 Å². The van der Waals surface area contributed by atoms with Crippen LogP contribution in [0.2, 0.25) is 0 Å². The molecule has 0 aromatic carbocycles. The number of carbonyl (C=O) groups is 1. The number of aromatic nitrogens is 2. The van der Waals surface area contributed by atoms with Crippen LogP contribution in [0.1, 0.15) is 67.2 Å². The normalized spacial score (nSPS) is 16.4. The maximum Gasteiger partial charge on any atom is 0.276 e. The molecule has 2 saturated carbocycles. The Kier molecular flexibility index (Phi) is 6.57. The van der Waals surface area contributed by atoms with Crippen LogP contribution in [-0.4, -0.2) is 49.6 Å². The standard InChI is InChI=1S/C23H31N3O5/c1-23(2,14-29-11-10-28-3)19-12-20(31-26-19)25-21(27)18-9-8-17(16-6-7-16)22(24-18)30-13-15-4-5-15/h8-9,12,15-16H,4-7,10-11,13-14H2,1-3H3,(H,25,27). The molecule has 1 N–H and O–H groups in total. The van der Waals surface area contributed by atoms with Crippen LogP contribution in [-0.2, 0) is 14.9 Å². The molecule has 0 radical (unpaired) electrons. The number of methoxy groups -OCH3 is 1. The molecule has 0 saturated heterocycles. The molecule has 2 aromatic heterocycles. The summed E-state index contributed by atoms with van der Waals surface area (Å²) in [6.07, 6.45) is 4.72. The molecule has 2 fully saturated rings. The van der Waals surface area contributed by atoms with E-state index in [1.807, 2.05) is 19.9 Å². The molecule has 31 heavy (non-hydrogen) atoms.